The van der Waals surface area contributed by atoms with Crippen molar-refractivity contribution >= 4 is 11.4 Å². The molecule has 0 saturated heterocycles. The molecule has 2 N–H and O–H groups in total. The summed E-state index contributed by atoms with van der Waals surface area (Å²) < 4.78 is 0. The first kappa shape index (κ1) is 14.8. The minimum Gasteiger partial charge on any atom is -0.504 e. The van der Waals surface area contributed by atoms with Crippen molar-refractivity contribution in [2.45, 2.75) is 51.6 Å². The van der Waals surface area contributed by atoms with Gasteiger partial charge in [0, 0.05) is 12.0 Å². The largest absolute Gasteiger partial charge is 0.504 e. The Labute approximate surface area is 120 Å². The van der Waals surface area contributed by atoms with Crippen LogP contribution in [0, 0.1) is 0 Å². The highest BCUT2D eigenvalue weighted by Crippen LogP contribution is 2.31. The maximum absolute atomic E-state index is 11.3. The van der Waals surface area contributed by atoms with Crippen LogP contribution in [-0.2, 0) is 4.79 Å². The molecule has 3 heteroatoms. The Bertz CT molecular complexity index is 499. The Morgan fingerprint density at radius 2 is 1.85 bits per heavy atom. The molecule has 1 unspecified atom stereocenters. The molecule has 0 bridgehead atoms. The lowest BCUT2D eigenvalue weighted by atomic mass is 9.99. The lowest BCUT2D eigenvalue weighted by Gasteiger charge is -2.11. The zero-order chi connectivity index (χ0) is 14.5. The quantitative estimate of drug-likeness (QED) is 0.773. The normalized spacial score (nSPS) is 16.8. The van der Waals surface area contributed by atoms with Crippen molar-refractivity contribution in [3.63, 3.8) is 0 Å². The summed E-state index contributed by atoms with van der Waals surface area (Å²) in [6.07, 6.45) is 4.65. The number of ketones is 1. The van der Waals surface area contributed by atoms with Crippen LogP contribution in [0.25, 0.3) is 5.57 Å². The second kappa shape index (κ2) is 6.71. The molecule has 1 aromatic carbocycles. The van der Waals surface area contributed by atoms with Crippen LogP contribution in [0.5, 0.6) is 0 Å². The second-order valence-corrected chi connectivity index (χ2v) is 5.38. The molecule has 1 atom stereocenters. The number of allylic oxidation sites excluding steroid dienone is 2. The van der Waals surface area contributed by atoms with E-state index in [-0.39, 0.29) is 11.5 Å². The van der Waals surface area contributed by atoms with Gasteiger partial charge < -0.3 is 10.2 Å². The SMILES string of the molecule is CCCCCC(O)c1ccc(C2=C(O)C(=O)CC2)cc1. The Kier molecular flexibility index (Phi) is 4.96. The van der Waals surface area contributed by atoms with E-state index >= 15 is 0 Å². The van der Waals surface area contributed by atoms with E-state index in [2.05, 4.69) is 6.92 Å². The average molecular weight is 274 g/mol. The number of aliphatic hydroxyl groups is 2. The number of carbonyl (C=O) groups is 1. The van der Waals surface area contributed by atoms with Crippen LogP contribution in [0.1, 0.15) is 62.7 Å². The molecule has 108 valence electrons. The first-order valence-electron chi connectivity index (χ1n) is 7.37. The molecule has 0 aliphatic heterocycles. The Morgan fingerprint density at radius 3 is 2.40 bits per heavy atom. The standard InChI is InChI=1S/C17H22O3/c1-2-3-4-5-15(18)13-8-6-12(7-9-13)14-10-11-16(19)17(14)20/h6-9,15,18,20H,2-5,10-11H2,1H3. The van der Waals surface area contributed by atoms with Gasteiger partial charge in [-0.25, -0.2) is 0 Å². The number of rotatable bonds is 6. The topological polar surface area (TPSA) is 57.5 Å². The van der Waals surface area contributed by atoms with Gasteiger partial charge in [-0.1, -0.05) is 50.5 Å². The Hall–Kier alpha value is -1.61. The van der Waals surface area contributed by atoms with Crippen LogP contribution in [0.3, 0.4) is 0 Å². The summed E-state index contributed by atoms with van der Waals surface area (Å²) in [5.41, 5.74) is 2.49. The van der Waals surface area contributed by atoms with Crippen LogP contribution >= 0.6 is 0 Å². The minimum atomic E-state index is -0.427. The first-order valence-corrected chi connectivity index (χ1v) is 7.37. The van der Waals surface area contributed by atoms with Gasteiger partial charge in [-0.2, -0.15) is 0 Å². The average Bonchev–Trinajstić information content (AvgIpc) is 2.79. The van der Waals surface area contributed by atoms with Crippen molar-refractivity contribution in [2.24, 2.45) is 0 Å². The molecule has 1 aliphatic rings. The second-order valence-electron chi connectivity index (χ2n) is 5.38. The number of hydrogen-bond acceptors (Lipinski definition) is 3. The highest BCUT2D eigenvalue weighted by atomic mass is 16.3. The molecule has 20 heavy (non-hydrogen) atoms. The van der Waals surface area contributed by atoms with E-state index < -0.39 is 6.10 Å². The van der Waals surface area contributed by atoms with Gasteiger partial charge in [0.25, 0.3) is 0 Å². The van der Waals surface area contributed by atoms with Crippen LogP contribution in [0.2, 0.25) is 0 Å². The lowest BCUT2D eigenvalue weighted by Crippen LogP contribution is -1.98. The van der Waals surface area contributed by atoms with Gasteiger partial charge in [0.15, 0.2) is 11.5 Å². The summed E-state index contributed by atoms with van der Waals surface area (Å²) in [5.74, 6) is -0.273. The number of unbranched alkanes of at least 4 members (excludes halogenated alkanes) is 2. The summed E-state index contributed by atoms with van der Waals surface area (Å²) in [6.45, 7) is 2.14. The molecule has 0 amide bonds. The van der Waals surface area contributed by atoms with E-state index in [1.54, 1.807) is 0 Å². The predicted molar refractivity (Wildman–Crippen MR) is 79.3 cm³/mol. The van der Waals surface area contributed by atoms with Gasteiger partial charge in [-0.15, -0.1) is 0 Å². The van der Waals surface area contributed by atoms with Crippen LogP contribution in [-0.4, -0.2) is 16.0 Å². The van der Waals surface area contributed by atoms with Crippen molar-refractivity contribution < 1.29 is 15.0 Å². The van der Waals surface area contributed by atoms with Gasteiger partial charge in [0.1, 0.15) is 0 Å². The van der Waals surface area contributed by atoms with E-state index in [0.717, 1.165) is 42.4 Å². The van der Waals surface area contributed by atoms with Gasteiger partial charge in [-0.3, -0.25) is 4.79 Å². The van der Waals surface area contributed by atoms with Gasteiger partial charge in [-0.05, 0) is 24.0 Å². The van der Waals surface area contributed by atoms with E-state index in [1.165, 1.54) is 0 Å². The molecular formula is C17H22O3. The molecule has 0 saturated carbocycles. The van der Waals surface area contributed by atoms with E-state index in [0.29, 0.717) is 12.8 Å². The van der Waals surface area contributed by atoms with Crippen molar-refractivity contribution in [2.75, 3.05) is 0 Å². The van der Waals surface area contributed by atoms with Crippen molar-refractivity contribution in [3.8, 4) is 0 Å². The molecule has 0 radical (unpaired) electrons. The fourth-order valence-electron chi connectivity index (χ4n) is 2.59. The van der Waals surface area contributed by atoms with Crippen LogP contribution in [0.4, 0.5) is 0 Å². The molecular weight excluding hydrogens is 252 g/mol. The van der Waals surface area contributed by atoms with Crippen LogP contribution in [0.15, 0.2) is 30.0 Å². The van der Waals surface area contributed by atoms with Gasteiger partial charge >= 0.3 is 0 Å². The molecule has 0 heterocycles. The van der Waals surface area contributed by atoms with E-state index in [4.69, 9.17) is 0 Å². The van der Waals surface area contributed by atoms with E-state index in [1.807, 2.05) is 24.3 Å². The van der Waals surface area contributed by atoms with E-state index in [9.17, 15) is 15.0 Å². The Balaban J connectivity index is 2.05. The minimum absolute atomic E-state index is 0.0961. The summed E-state index contributed by atoms with van der Waals surface area (Å²) >= 11 is 0. The van der Waals surface area contributed by atoms with Gasteiger partial charge in [0.2, 0.25) is 0 Å². The maximum Gasteiger partial charge on any atom is 0.197 e. The van der Waals surface area contributed by atoms with Crippen molar-refractivity contribution in [1.82, 2.24) is 0 Å². The van der Waals surface area contributed by atoms with Crippen LogP contribution < -0.4 is 0 Å². The fourth-order valence-corrected chi connectivity index (χ4v) is 2.59. The maximum atomic E-state index is 11.3. The van der Waals surface area contributed by atoms with Gasteiger partial charge in [0.05, 0.1) is 6.10 Å². The highest BCUT2D eigenvalue weighted by Gasteiger charge is 2.23. The zero-order valence-electron chi connectivity index (χ0n) is 11.9. The molecule has 3 nitrogen and oxygen atoms in total. The van der Waals surface area contributed by atoms with Crippen molar-refractivity contribution in [3.05, 3.63) is 41.2 Å². The summed E-state index contributed by atoms with van der Waals surface area (Å²) in [6, 6.07) is 7.52. The first-order chi connectivity index (χ1) is 9.63. The third-order valence-electron chi connectivity index (χ3n) is 3.88. The number of hydrogen-bond donors (Lipinski definition) is 2. The smallest absolute Gasteiger partial charge is 0.197 e. The molecule has 0 spiro atoms. The molecule has 1 aromatic rings. The molecule has 1 aliphatic carbocycles. The summed E-state index contributed by atoms with van der Waals surface area (Å²) in [5, 5.41) is 19.8. The fraction of sp³-hybridized carbons (Fsp3) is 0.471. The Morgan fingerprint density at radius 1 is 1.15 bits per heavy atom. The summed E-state index contributed by atoms with van der Waals surface area (Å²) in [7, 11) is 0. The zero-order valence-corrected chi connectivity index (χ0v) is 11.9. The highest BCUT2D eigenvalue weighted by molar-refractivity contribution is 6.04. The number of aliphatic hydroxyl groups excluding tert-OH is 2. The molecule has 2 rings (SSSR count). The number of carbonyl (C=O) groups excluding carboxylic acids is 1. The predicted octanol–water partition coefficient (Wildman–Crippen LogP) is 3.93. The third kappa shape index (κ3) is 3.28. The van der Waals surface area contributed by atoms with Crippen molar-refractivity contribution in [1.29, 1.82) is 0 Å². The number of benzene rings is 1. The lowest BCUT2D eigenvalue weighted by molar-refractivity contribution is -0.117. The molecule has 0 aromatic heterocycles. The molecule has 0 fully saturated rings. The third-order valence-corrected chi connectivity index (χ3v) is 3.88. The number of Topliss-reactive ketones (excluding diaryl/α,β-unsaturated/α-hetero) is 1. The summed E-state index contributed by atoms with van der Waals surface area (Å²) in [4.78, 5) is 11.3. The monoisotopic (exact) mass is 274 g/mol.